The highest BCUT2D eigenvalue weighted by molar-refractivity contribution is 6.39. The number of nitrogens with one attached hydrogen (secondary N) is 2. The van der Waals surface area contributed by atoms with Gasteiger partial charge in [0.1, 0.15) is 0 Å². The van der Waals surface area contributed by atoms with Gasteiger partial charge in [-0.1, -0.05) is 53.5 Å². The summed E-state index contributed by atoms with van der Waals surface area (Å²) in [4.78, 5) is 28.1. The molecular formula is C30H33Cl2N7O. The topological polar surface area (TPSA) is 88.0 Å². The van der Waals surface area contributed by atoms with E-state index in [9.17, 15) is 4.79 Å². The van der Waals surface area contributed by atoms with Crippen molar-refractivity contribution in [1.82, 2.24) is 35.1 Å². The third kappa shape index (κ3) is 6.88. The zero-order valence-electron chi connectivity index (χ0n) is 22.5. The number of hydrogen-bond acceptors (Lipinski definition) is 6. The van der Waals surface area contributed by atoms with Crippen LogP contribution in [0, 0.1) is 0 Å². The number of halogens is 2. The molecule has 3 heterocycles. The highest BCUT2D eigenvalue weighted by Crippen LogP contribution is 2.33. The molecule has 5 rings (SSSR count). The fourth-order valence-corrected chi connectivity index (χ4v) is 5.71. The second kappa shape index (κ2) is 13.4. The Bertz CT molecular complexity index is 1420. The molecule has 0 bridgehead atoms. The Morgan fingerprint density at radius 3 is 2.58 bits per heavy atom. The first-order valence-electron chi connectivity index (χ1n) is 13.5. The first-order valence-corrected chi connectivity index (χ1v) is 14.2. The number of rotatable bonds is 11. The largest absolute Gasteiger partial charge is 0.348 e. The smallest absolute Gasteiger partial charge is 0.254 e. The fourth-order valence-electron chi connectivity index (χ4n) is 5.18. The molecule has 0 saturated heterocycles. The summed E-state index contributed by atoms with van der Waals surface area (Å²) in [7, 11) is 2.01. The molecule has 1 amide bonds. The van der Waals surface area contributed by atoms with Gasteiger partial charge in [0.2, 0.25) is 0 Å². The van der Waals surface area contributed by atoms with E-state index in [0.29, 0.717) is 6.54 Å². The van der Waals surface area contributed by atoms with Crippen molar-refractivity contribution in [2.45, 2.75) is 44.9 Å². The van der Waals surface area contributed by atoms with E-state index in [0.717, 1.165) is 56.7 Å². The minimum absolute atomic E-state index is 0.231. The van der Waals surface area contributed by atoms with Crippen molar-refractivity contribution in [3.05, 3.63) is 111 Å². The van der Waals surface area contributed by atoms with E-state index in [4.69, 9.17) is 28.2 Å². The molecule has 1 aliphatic carbocycles. The Labute approximate surface area is 244 Å². The Hall–Kier alpha value is -3.30. The number of pyridine rings is 2. The molecule has 0 radical (unpaired) electrons. The number of aromatic nitrogens is 4. The number of fused-ring (bicyclic) bond motifs is 1. The van der Waals surface area contributed by atoms with Gasteiger partial charge in [-0.3, -0.25) is 19.7 Å². The van der Waals surface area contributed by atoms with Gasteiger partial charge in [0, 0.05) is 64.6 Å². The molecule has 0 aliphatic heterocycles. The Morgan fingerprint density at radius 2 is 1.82 bits per heavy atom. The summed E-state index contributed by atoms with van der Waals surface area (Å²) in [6, 6.07) is 12.9. The van der Waals surface area contributed by atoms with Gasteiger partial charge in [-0.15, -0.1) is 0 Å². The summed E-state index contributed by atoms with van der Waals surface area (Å²) in [6.07, 6.45) is 11.8. The Kier molecular flexibility index (Phi) is 9.44. The minimum Gasteiger partial charge on any atom is -0.348 e. The zero-order chi connectivity index (χ0) is 27.9. The maximum absolute atomic E-state index is 12.6. The average molecular weight is 579 g/mol. The Balaban J connectivity index is 1.24. The lowest BCUT2D eigenvalue weighted by molar-refractivity contribution is 0.0951. The van der Waals surface area contributed by atoms with Crippen LogP contribution in [0.15, 0.2) is 67.5 Å². The second-order valence-corrected chi connectivity index (χ2v) is 10.9. The van der Waals surface area contributed by atoms with Crippen LogP contribution in [0.4, 0.5) is 0 Å². The van der Waals surface area contributed by atoms with Crippen LogP contribution in [0.25, 0.3) is 0 Å². The summed E-state index contributed by atoms with van der Waals surface area (Å²) in [5.74, 6) is -0.324. The number of carbonyl (C=O) groups excluding carboxylic acids is 1. The molecule has 1 atom stereocenters. The van der Waals surface area contributed by atoms with Gasteiger partial charge in [-0.25, -0.2) is 4.98 Å². The SMILES string of the molecule is Cn1cncc1CNCCN(Cc1ccc(CNC(=O)c2c(Cl)cncc2Cl)cc1)C1CCCc2cccnc21. The molecule has 40 heavy (non-hydrogen) atoms. The number of hydrogen-bond donors (Lipinski definition) is 2. The third-order valence-corrected chi connectivity index (χ3v) is 7.92. The number of nitrogens with zero attached hydrogens (tertiary/aromatic N) is 5. The summed E-state index contributed by atoms with van der Waals surface area (Å²) < 4.78 is 2.04. The lowest BCUT2D eigenvalue weighted by Gasteiger charge is -2.35. The molecule has 0 spiro atoms. The Morgan fingerprint density at radius 1 is 1.05 bits per heavy atom. The van der Waals surface area contributed by atoms with Gasteiger partial charge in [-0.05, 0) is 42.0 Å². The summed E-state index contributed by atoms with van der Waals surface area (Å²) in [5.41, 5.74) is 6.16. The van der Waals surface area contributed by atoms with Crippen molar-refractivity contribution in [2.24, 2.45) is 7.05 Å². The average Bonchev–Trinajstić information content (AvgIpc) is 3.38. The van der Waals surface area contributed by atoms with Crippen LogP contribution >= 0.6 is 23.2 Å². The minimum atomic E-state index is -0.324. The van der Waals surface area contributed by atoms with Crippen LogP contribution < -0.4 is 10.6 Å². The predicted octanol–water partition coefficient (Wildman–Crippen LogP) is 5.12. The molecular weight excluding hydrogens is 545 g/mol. The van der Waals surface area contributed by atoms with E-state index in [-0.39, 0.29) is 27.6 Å². The standard InChI is InChI=1S/C30H33Cl2N7O/c1-38-20-35-16-24(38)15-33-12-13-39(27-6-2-4-23-5-3-11-36-29(23)27)19-22-9-7-21(8-10-22)14-37-30(40)28-25(31)17-34-18-26(28)32/h3,5,7-11,16-18,20,27,33H,2,4,6,12-15,19H2,1H3,(H,37,40). The van der Waals surface area contributed by atoms with E-state index in [1.165, 1.54) is 29.2 Å². The molecule has 1 unspecified atom stereocenters. The van der Waals surface area contributed by atoms with Crippen LogP contribution in [-0.2, 0) is 33.1 Å². The summed E-state index contributed by atoms with van der Waals surface area (Å²) in [6.45, 7) is 3.71. The second-order valence-electron chi connectivity index (χ2n) is 10.1. The molecule has 0 saturated carbocycles. The van der Waals surface area contributed by atoms with E-state index in [2.05, 4.69) is 55.8 Å². The molecule has 2 N–H and O–H groups in total. The van der Waals surface area contributed by atoms with Crippen molar-refractivity contribution >= 4 is 29.1 Å². The number of imidazole rings is 1. The van der Waals surface area contributed by atoms with Crippen LogP contribution in [0.1, 0.15) is 57.3 Å². The first-order chi connectivity index (χ1) is 19.5. The van der Waals surface area contributed by atoms with Crippen LogP contribution in [0.5, 0.6) is 0 Å². The quantitative estimate of drug-likeness (QED) is 0.241. The van der Waals surface area contributed by atoms with Crippen molar-refractivity contribution in [3.8, 4) is 0 Å². The lowest BCUT2D eigenvalue weighted by atomic mass is 9.90. The van der Waals surface area contributed by atoms with E-state index < -0.39 is 0 Å². The predicted molar refractivity (Wildman–Crippen MR) is 157 cm³/mol. The fraction of sp³-hybridized carbons (Fsp3) is 0.333. The highest BCUT2D eigenvalue weighted by Gasteiger charge is 2.27. The normalized spacial score (nSPS) is 14.8. The number of amides is 1. The van der Waals surface area contributed by atoms with Gasteiger partial charge in [0.15, 0.2) is 0 Å². The van der Waals surface area contributed by atoms with Gasteiger partial charge in [0.25, 0.3) is 5.91 Å². The number of carbonyl (C=O) groups is 1. The lowest BCUT2D eigenvalue weighted by Crippen LogP contribution is -2.36. The molecule has 1 aliphatic rings. The molecule has 0 fully saturated rings. The summed E-state index contributed by atoms with van der Waals surface area (Å²) >= 11 is 12.2. The van der Waals surface area contributed by atoms with Gasteiger partial charge in [0.05, 0.1) is 39.4 Å². The molecule has 1 aromatic carbocycles. The highest BCUT2D eigenvalue weighted by atomic mass is 35.5. The van der Waals surface area contributed by atoms with Gasteiger partial charge in [-0.2, -0.15) is 0 Å². The van der Waals surface area contributed by atoms with Crippen LogP contribution in [0.2, 0.25) is 10.0 Å². The number of benzene rings is 1. The first kappa shape index (κ1) is 28.2. The van der Waals surface area contributed by atoms with Crippen molar-refractivity contribution < 1.29 is 4.79 Å². The number of aryl methyl sites for hydroxylation is 2. The molecule has 10 heteroatoms. The van der Waals surface area contributed by atoms with Gasteiger partial charge >= 0.3 is 0 Å². The van der Waals surface area contributed by atoms with E-state index in [1.54, 1.807) is 0 Å². The molecule has 8 nitrogen and oxygen atoms in total. The van der Waals surface area contributed by atoms with Crippen molar-refractivity contribution in [2.75, 3.05) is 13.1 Å². The van der Waals surface area contributed by atoms with Crippen LogP contribution in [-0.4, -0.2) is 43.4 Å². The molecule has 208 valence electrons. The third-order valence-electron chi connectivity index (χ3n) is 7.35. The molecule has 4 aromatic rings. The van der Waals surface area contributed by atoms with Crippen molar-refractivity contribution in [3.63, 3.8) is 0 Å². The monoisotopic (exact) mass is 577 g/mol. The summed E-state index contributed by atoms with van der Waals surface area (Å²) in [5, 5.41) is 6.94. The van der Waals surface area contributed by atoms with E-state index >= 15 is 0 Å². The molecule has 3 aromatic heterocycles. The maximum atomic E-state index is 12.6. The van der Waals surface area contributed by atoms with Crippen LogP contribution in [0.3, 0.4) is 0 Å². The zero-order valence-corrected chi connectivity index (χ0v) is 24.0. The maximum Gasteiger partial charge on any atom is 0.254 e. The van der Waals surface area contributed by atoms with E-state index in [1.807, 2.05) is 36.4 Å². The van der Waals surface area contributed by atoms with Crippen molar-refractivity contribution in [1.29, 1.82) is 0 Å². The van der Waals surface area contributed by atoms with Gasteiger partial charge < -0.3 is 15.2 Å².